The molecule has 2 aromatic heterocycles. The molecule has 2 amide bonds. The second kappa shape index (κ2) is 7.00. The Labute approximate surface area is 171 Å². The van der Waals surface area contributed by atoms with E-state index in [0.29, 0.717) is 12.2 Å². The second-order valence-corrected chi connectivity index (χ2v) is 8.35. The number of carbonyl (C=O) groups excluding carboxylic acids is 2. The van der Waals surface area contributed by atoms with E-state index in [0.717, 1.165) is 22.7 Å². The van der Waals surface area contributed by atoms with Crippen molar-refractivity contribution in [2.24, 2.45) is 5.92 Å². The second-order valence-electron chi connectivity index (χ2n) is 7.28. The van der Waals surface area contributed by atoms with Crippen LogP contribution >= 0.6 is 11.3 Å². The number of nitrogens with zero attached hydrogens (tertiary/aromatic N) is 5. The number of likely N-dealkylation sites (N-methyl/N-ethyl adjacent to an activating group) is 1. The Morgan fingerprint density at radius 3 is 2.83 bits per heavy atom. The molecular weight excluding hydrogens is 388 g/mol. The number of rotatable bonds is 4. The summed E-state index contributed by atoms with van der Waals surface area (Å²) in [7, 11) is 1.67. The van der Waals surface area contributed by atoms with Crippen molar-refractivity contribution in [3.8, 4) is 0 Å². The summed E-state index contributed by atoms with van der Waals surface area (Å²) in [5.74, 6) is 0.192. The molecule has 1 aromatic carbocycles. The van der Waals surface area contributed by atoms with Gasteiger partial charge in [0.25, 0.3) is 11.8 Å². The quantitative estimate of drug-likeness (QED) is 0.709. The molecule has 0 spiro atoms. The highest BCUT2D eigenvalue weighted by atomic mass is 32.1. The van der Waals surface area contributed by atoms with E-state index in [1.165, 1.54) is 16.2 Å². The fourth-order valence-corrected chi connectivity index (χ4v) is 4.59. The van der Waals surface area contributed by atoms with Crippen LogP contribution in [0.25, 0.3) is 0 Å². The summed E-state index contributed by atoms with van der Waals surface area (Å²) in [6.45, 7) is 0. The van der Waals surface area contributed by atoms with Crippen molar-refractivity contribution in [2.45, 2.75) is 24.8 Å². The standard InChI is InChI=1S/C20H18N6O2S/c1-26-17-15(21-7-8-22-17)12-10-13(12)16(20(26)28)23-18(27)19-25-24-14(29-19)9-11-5-3-2-4-6-11/h2-8,12-13,16H,9-10H2,1H3,(H,23,27)/t12?,13-,16?/m0/s1. The predicted molar refractivity (Wildman–Crippen MR) is 107 cm³/mol. The first-order valence-corrected chi connectivity index (χ1v) is 10.2. The Morgan fingerprint density at radius 2 is 2.00 bits per heavy atom. The topological polar surface area (TPSA) is 101 Å². The molecule has 0 radical (unpaired) electrons. The molecule has 2 unspecified atom stereocenters. The molecule has 1 saturated carbocycles. The fourth-order valence-electron chi connectivity index (χ4n) is 3.81. The van der Waals surface area contributed by atoms with Crippen LogP contribution in [0, 0.1) is 5.92 Å². The van der Waals surface area contributed by atoms with E-state index in [4.69, 9.17) is 0 Å². The summed E-state index contributed by atoms with van der Waals surface area (Å²) >= 11 is 1.25. The smallest absolute Gasteiger partial charge is 0.282 e. The molecule has 1 aliphatic heterocycles. The van der Waals surface area contributed by atoms with Crippen LogP contribution in [0.1, 0.15) is 38.4 Å². The van der Waals surface area contributed by atoms with Gasteiger partial charge in [-0.05, 0) is 17.9 Å². The molecule has 0 saturated heterocycles. The third-order valence-electron chi connectivity index (χ3n) is 5.39. The molecule has 1 N–H and O–H groups in total. The molecule has 5 rings (SSSR count). The third-order valence-corrected chi connectivity index (χ3v) is 6.31. The normalized spacial score (nSPS) is 22.4. The third kappa shape index (κ3) is 3.27. The SMILES string of the molecule is CN1C(=O)C(NC(=O)c2nnc(Cc3ccccc3)s2)[C@H]2CC2c2nccnc21. The average Bonchev–Trinajstić information content (AvgIpc) is 3.41. The van der Waals surface area contributed by atoms with Gasteiger partial charge in [-0.3, -0.25) is 19.5 Å². The van der Waals surface area contributed by atoms with Gasteiger partial charge in [-0.2, -0.15) is 0 Å². The van der Waals surface area contributed by atoms with Gasteiger partial charge in [-0.25, -0.2) is 4.98 Å². The summed E-state index contributed by atoms with van der Waals surface area (Å²) in [6.07, 6.45) is 4.65. The van der Waals surface area contributed by atoms with Crippen molar-refractivity contribution in [1.82, 2.24) is 25.5 Å². The van der Waals surface area contributed by atoms with Crippen LogP contribution in [-0.4, -0.2) is 45.1 Å². The van der Waals surface area contributed by atoms with Crippen LogP contribution in [0.4, 0.5) is 5.82 Å². The lowest BCUT2D eigenvalue weighted by molar-refractivity contribution is -0.120. The maximum Gasteiger partial charge on any atom is 0.282 e. The largest absolute Gasteiger partial charge is 0.338 e. The number of aromatic nitrogens is 4. The molecular formula is C20H18N6O2S. The number of fused-ring (bicyclic) bond motifs is 3. The van der Waals surface area contributed by atoms with Gasteiger partial charge in [-0.1, -0.05) is 41.7 Å². The molecule has 1 aliphatic carbocycles. The molecule has 9 heteroatoms. The predicted octanol–water partition coefficient (Wildman–Crippen LogP) is 1.80. The number of nitrogens with one attached hydrogen (secondary N) is 1. The van der Waals surface area contributed by atoms with E-state index in [1.807, 2.05) is 30.3 Å². The van der Waals surface area contributed by atoms with Crippen molar-refractivity contribution in [3.05, 3.63) is 64.0 Å². The highest BCUT2D eigenvalue weighted by Gasteiger charge is 2.53. The van der Waals surface area contributed by atoms with Gasteiger partial charge in [0.15, 0.2) is 5.82 Å². The average molecular weight is 406 g/mol. The molecule has 8 nitrogen and oxygen atoms in total. The first kappa shape index (κ1) is 17.9. The van der Waals surface area contributed by atoms with Gasteiger partial charge in [0, 0.05) is 31.8 Å². The van der Waals surface area contributed by atoms with Crippen LogP contribution in [0.2, 0.25) is 0 Å². The lowest BCUT2D eigenvalue weighted by Gasteiger charge is -2.22. The lowest BCUT2D eigenvalue weighted by atomic mass is 10.1. The van der Waals surface area contributed by atoms with Crippen LogP contribution in [0.5, 0.6) is 0 Å². The molecule has 0 bridgehead atoms. The maximum atomic E-state index is 13.0. The summed E-state index contributed by atoms with van der Waals surface area (Å²) < 4.78 is 0. The molecule has 2 aliphatic rings. The Bertz CT molecular complexity index is 1090. The van der Waals surface area contributed by atoms with Crippen molar-refractivity contribution in [2.75, 3.05) is 11.9 Å². The van der Waals surface area contributed by atoms with Gasteiger partial charge in [0.1, 0.15) is 11.0 Å². The molecule has 146 valence electrons. The molecule has 3 heterocycles. The van der Waals surface area contributed by atoms with Crippen LogP contribution in [0.3, 0.4) is 0 Å². The summed E-state index contributed by atoms with van der Waals surface area (Å²) in [6, 6.07) is 9.28. The first-order chi connectivity index (χ1) is 14.1. The van der Waals surface area contributed by atoms with Gasteiger partial charge in [-0.15, -0.1) is 10.2 Å². The monoisotopic (exact) mass is 406 g/mol. The number of hydrogen-bond acceptors (Lipinski definition) is 7. The van der Waals surface area contributed by atoms with Crippen molar-refractivity contribution in [1.29, 1.82) is 0 Å². The summed E-state index contributed by atoms with van der Waals surface area (Å²) in [4.78, 5) is 36.0. The van der Waals surface area contributed by atoms with Gasteiger partial charge in [0.05, 0.1) is 5.69 Å². The van der Waals surface area contributed by atoms with E-state index < -0.39 is 6.04 Å². The zero-order valence-corrected chi connectivity index (χ0v) is 16.5. The number of benzene rings is 1. The first-order valence-electron chi connectivity index (χ1n) is 9.37. The van der Waals surface area contributed by atoms with Crippen molar-refractivity contribution in [3.63, 3.8) is 0 Å². The van der Waals surface area contributed by atoms with Gasteiger partial charge in [0.2, 0.25) is 5.01 Å². The van der Waals surface area contributed by atoms with Crippen LogP contribution in [0.15, 0.2) is 42.7 Å². The molecule has 1 fully saturated rings. The number of amides is 2. The minimum atomic E-state index is -0.616. The van der Waals surface area contributed by atoms with Gasteiger partial charge < -0.3 is 5.32 Å². The Hall–Kier alpha value is -3.20. The zero-order valence-electron chi connectivity index (χ0n) is 15.6. The highest BCUT2D eigenvalue weighted by Crippen LogP contribution is 2.53. The molecule has 3 aromatic rings. The van der Waals surface area contributed by atoms with E-state index in [1.54, 1.807) is 19.4 Å². The lowest BCUT2D eigenvalue weighted by Crippen LogP contribution is -2.48. The number of carbonyl (C=O) groups is 2. The highest BCUT2D eigenvalue weighted by molar-refractivity contribution is 7.13. The molecule has 29 heavy (non-hydrogen) atoms. The van der Waals surface area contributed by atoms with E-state index in [2.05, 4.69) is 25.5 Å². The van der Waals surface area contributed by atoms with Crippen LogP contribution < -0.4 is 10.2 Å². The van der Waals surface area contributed by atoms with Gasteiger partial charge >= 0.3 is 0 Å². The van der Waals surface area contributed by atoms with E-state index in [-0.39, 0.29) is 28.7 Å². The fraction of sp³-hybridized carbons (Fsp3) is 0.300. The minimum Gasteiger partial charge on any atom is -0.338 e. The number of hydrogen-bond donors (Lipinski definition) is 1. The Balaban J connectivity index is 1.32. The van der Waals surface area contributed by atoms with Crippen molar-refractivity contribution >= 4 is 29.0 Å². The van der Waals surface area contributed by atoms with Crippen LogP contribution in [-0.2, 0) is 11.2 Å². The maximum absolute atomic E-state index is 13.0. The minimum absolute atomic E-state index is 0.0311. The van der Waals surface area contributed by atoms with E-state index >= 15 is 0 Å². The zero-order chi connectivity index (χ0) is 20.0. The Morgan fingerprint density at radius 1 is 1.21 bits per heavy atom. The molecule has 3 atom stereocenters. The summed E-state index contributed by atoms with van der Waals surface area (Å²) in [5, 5.41) is 12.1. The van der Waals surface area contributed by atoms with E-state index in [9.17, 15) is 9.59 Å². The Kier molecular flexibility index (Phi) is 4.31. The summed E-state index contributed by atoms with van der Waals surface area (Å²) in [5.41, 5.74) is 1.93. The van der Waals surface area contributed by atoms with Crippen molar-refractivity contribution < 1.29 is 9.59 Å². The number of anilines is 1.